The Hall–Kier alpha value is -0.860. The average molecular weight is 234 g/mol. The van der Waals surface area contributed by atoms with Crippen molar-refractivity contribution in [3.8, 4) is 0 Å². The molecule has 0 aliphatic heterocycles. The lowest BCUT2D eigenvalue weighted by Gasteiger charge is -2.34. The lowest BCUT2D eigenvalue weighted by molar-refractivity contribution is 0.152. The average Bonchev–Trinajstić information content (AvgIpc) is 2.35. The fourth-order valence-corrected chi connectivity index (χ4v) is 1.65. The van der Waals surface area contributed by atoms with E-state index in [9.17, 15) is 0 Å². The first-order chi connectivity index (χ1) is 8.06. The first kappa shape index (κ1) is 14.2. The van der Waals surface area contributed by atoms with Crippen LogP contribution in [0.25, 0.3) is 0 Å². The zero-order chi connectivity index (χ0) is 12.7. The zero-order valence-electron chi connectivity index (χ0n) is 11.7. The molecule has 96 valence electrons. The van der Waals surface area contributed by atoms with Gasteiger partial charge in [-0.2, -0.15) is 0 Å². The molecular formula is C15H26N2. The van der Waals surface area contributed by atoms with Crippen molar-refractivity contribution in [3.63, 3.8) is 0 Å². The fraction of sp³-hybridized carbons (Fsp3) is 0.600. The Morgan fingerprint density at radius 2 is 1.82 bits per heavy atom. The highest BCUT2D eigenvalue weighted by atomic mass is 15.2. The molecule has 0 aliphatic rings. The van der Waals surface area contributed by atoms with Crippen molar-refractivity contribution >= 4 is 0 Å². The number of nitrogens with one attached hydrogen (secondary N) is 1. The molecule has 0 radical (unpaired) electrons. The summed E-state index contributed by atoms with van der Waals surface area (Å²) in [5.41, 5.74) is 1.65. The van der Waals surface area contributed by atoms with E-state index >= 15 is 0 Å². The molecule has 0 saturated heterocycles. The third kappa shape index (κ3) is 4.88. The van der Waals surface area contributed by atoms with Crippen LogP contribution in [0.4, 0.5) is 0 Å². The predicted molar refractivity (Wildman–Crippen MR) is 75.1 cm³/mol. The fourth-order valence-electron chi connectivity index (χ4n) is 1.65. The monoisotopic (exact) mass is 234 g/mol. The van der Waals surface area contributed by atoms with Crippen molar-refractivity contribution in [2.75, 3.05) is 20.1 Å². The Balaban J connectivity index is 2.21. The molecule has 0 spiro atoms. The van der Waals surface area contributed by atoms with Gasteiger partial charge >= 0.3 is 0 Å². The molecule has 1 aromatic carbocycles. The minimum atomic E-state index is 0.300. The van der Waals surface area contributed by atoms with Crippen molar-refractivity contribution in [3.05, 3.63) is 35.9 Å². The Morgan fingerprint density at radius 3 is 2.41 bits per heavy atom. The van der Waals surface area contributed by atoms with E-state index < -0.39 is 0 Å². The molecular weight excluding hydrogens is 208 g/mol. The number of hydrogen-bond donors (Lipinski definition) is 1. The van der Waals surface area contributed by atoms with Crippen molar-refractivity contribution < 1.29 is 0 Å². The van der Waals surface area contributed by atoms with Gasteiger partial charge in [-0.25, -0.2) is 0 Å². The van der Waals surface area contributed by atoms with Crippen molar-refractivity contribution in [1.29, 1.82) is 0 Å². The smallest absolute Gasteiger partial charge is 0.0206 e. The first-order valence-corrected chi connectivity index (χ1v) is 6.52. The molecule has 0 saturated carbocycles. The van der Waals surface area contributed by atoms with Crippen LogP contribution in [0.1, 0.15) is 32.8 Å². The lowest BCUT2D eigenvalue weighted by atomic mass is 10.0. The topological polar surface area (TPSA) is 15.3 Å². The Kier molecular flexibility index (Phi) is 5.66. The van der Waals surface area contributed by atoms with E-state index in [4.69, 9.17) is 0 Å². The summed E-state index contributed by atoms with van der Waals surface area (Å²) in [7, 11) is 2.20. The molecule has 0 bridgehead atoms. The third-order valence-electron chi connectivity index (χ3n) is 3.69. The molecule has 0 aliphatic carbocycles. The Labute approximate surface area is 106 Å². The van der Waals surface area contributed by atoms with Gasteiger partial charge in [-0.05, 0) is 32.9 Å². The molecule has 0 aromatic heterocycles. The van der Waals surface area contributed by atoms with Gasteiger partial charge in [-0.15, -0.1) is 0 Å². The van der Waals surface area contributed by atoms with Gasteiger partial charge in [0.25, 0.3) is 0 Å². The van der Waals surface area contributed by atoms with Crippen LogP contribution in [0.2, 0.25) is 0 Å². The van der Waals surface area contributed by atoms with Gasteiger partial charge in [0.05, 0.1) is 0 Å². The highest BCUT2D eigenvalue weighted by Gasteiger charge is 2.19. The zero-order valence-corrected chi connectivity index (χ0v) is 11.7. The maximum atomic E-state index is 3.49. The molecule has 0 amide bonds. The minimum Gasteiger partial charge on any atom is -0.311 e. The molecule has 2 heteroatoms. The van der Waals surface area contributed by atoms with Gasteiger partial charge in [0.15, 0.2) is 0 Å². The molecule has 0 unspecified atom stereocenters. The van der Waals surface area contributed by atoms with Crippen molar-refractivity contribution in [2.45, 2.75) is 39.3 Å². The largest absolute Gasteiger partial charge is 0.311 e. The number of hydrogen-bond acceptors (Lipinski definition) is 2. The summed E-state index contributed by atoms with van der Waals surface area (Å²) in [5.74, 6) is 0. The van der Waals surface area contributed by atoms with Gasteiger partial charge in [-0.3, -0.25) is 4.90 Å². The van der Waals surface area contributed by atoms with E-state index in [-0.39, 0.29) is 0 Å². The van der Waals surface area contributed by atoms with Gasteiger partial charge in [0.1, 0.15) is 0 Å². The van der Waals surface area contributed by atoms with E-state index in [0.29, 0.717) is 5.54 Å². The number of nitrogens with zero attached hydrogens (tertiary/aromatic N) is 1. The van der Waals surface area contributed by atoms with Crippen LogP contribution in [0.15, 0.2) is 30.3 Å². The van der Waals surface area contributed by atoms with Crippen LogP contribution in [-0.2, 0) is 6.54 Å². The number of likely N-dealkylation sites (N-methyl/N-ethyl adjacent to an activating group) is 1. The van der Waals surface area contributed by atoms with E-state index in [1.54, 1.807) is 0 Å². The van der Waals surface area contributed by atoms with E-state index in [1.165, 1.54) is 12.0 Å². The van der Waals surface area contributed by atoms with Crippen LogP contribution in [-0.4, -0.2) is 30.6 Å². The van der Waals surface area contributed by atoms with Crippen molar-refractivity contribution in [2.24, 2.45) is 0 Å². The molecule has 1 N–H and O–H groups in total. The maximum Gasteiger partial charge on any atom is 0.0206 e. The van der Waals surface area contributed by atoms with Crippen LogP contribution in [0.3, 0.4) is 0 Å². The second-order valence-electron chi connectivity index (χ2n) is 5.25. The van der Waals surface area contributed by atoms with Crippen LogP contribution >= 0.6 is 0 Å². The summed E-state index contributed by atoms with van der Waals surface area (Å²) in [6.07, 6.45) is 1.18. The Bertz CT molecular complexity index is 306. The summed E-state index contributed by atoms with van der Waals surface area (Å²) in [6.45, 7) is 9.92. The first-order valence-electron chi connectivity index (χ1n) is 6.52. The van der Waals surface area contributed by atoms with Crippen LogP contribution in [0.5, 0.6) is 0 Å². The van der Waals surface area contributed by atoms with Crippen LogP contribution < -0.4 is 5.32 Å². The second-order valence-corrected chi connectivity index (χ2v) is 5.25. The summed E-state index contributed by atoms with van der Waals surface area (Å²) in [5, 5.41) is 3.49. The quantitative estimate of drug-likeness (QED) is 0.730. The maximum absolute atomic E-state index is 3.49. The van der Waals surface area contributed by atoms with Gasteiger partial charge in [0, 0.05) is 25.2 Å². The van der Waals surface area contributed by atoms with Crippen molar-refractivity contribution in [1.82, 2.24) is 10.2 Å². The molecule has 1 rings (SSSR count). The summed E-state index contributed by atoms with van der Waals surface area (Å²) >= 11 is 0. The van der Waals surface area contributed by atoms with Gasteiger partial charge in [-0.1, -0.05) is 37.3 Å². The number of rotatable bonds is 7. The molecule has 2 nitrogen and oxygen atoms in total. The SMILES string of the molecule is CCC(C)(C)N(C)CCNCc1ccccc1. The lowest BCUT2D eigenvalue weighted by Crippen LogP contribution is -2.43. The normalized spacial score (nSPS) is 12.1. The van der Waals surface area contributed by atoms with Gasteiger partial charge < -0.3 is 5.32 Å². The van der Waals surface area contributed by atoms with Gasteiger partial charge in [0.2, 0.25) is 0 Å². The van der Waals surface area contributed by atoms with E-state index in [2.05, 4.69) is 68.4 Å². The molecule has 17 heavy (non-hydrogen) atoms. The standard InChI is InChI=1S/C15H26N2/c1-5-15(2,3)17(4)12-11-16-13-14-9-7-6-8-10-14/h6-10,16H,5,11-13H2,1-4H3. The molecule has 0 fully saturated rings. The molecule has 0 atom stereocenters. The Morgan fingerprint density at radius 1 is 1.18 bits per heavy atom. The van der Waals surface area contributed by atoms with E-state index in [0.717, 1.165) is 19.6 Å². The second kappa shape index (κ2) is 6.77. The summed E-state index contributed by atoms with van der Waals surface area (Å²) in [6, 6.07) is 10.5. The highest BCUT2D eigenvalue weighted by Crippen LogP contribution is 2.15. The molecule has 1 aromatic rings. The number of benzene rings is 1. The summed E-state index contributed by atoms with van der Waals surface area (Å²) in [4.78, 5) is 2.42. The predicted octanol–water partition coefficient (Wildman–Crippen LogP) is 2.90. The van der Waals surface area contributed by atoms with Crippen LogP contribution in [0, 0.1) is 0 Å². The summed E-state index contributed by atoms with van der Waals surface area (Å²) < 4.78 is 0. The van der Waals surface area contributed by atoms with E-state index in [1.807, 2.05) is 0 Å². The third-order valence-corrected chi connectivity index (χ3v) is 3.69. The highest BCUT2D eigenvalue weighted by molar-refractivity contribution is 5.14. The minimum absolute atomic E-state index is 0.300. The molecule has 0 heterocycles.